The lowest BCUT2D eigenvalue weighted by molar-refractivity contribution is -0.167. The van der Waals surface area contributed by atoms with Gasteiger partial charge in [0, 0.05) is 0 Å². The summed E-state index contributed by atoms with van der Waals surface area (Å²) in [5, 5.41) is 1.99. The maximum atomic E-state index is 13.9. The SMILES string of the molecule is Cc1ccc(C2(C(F)(F)F)NC(=O)Oc3ccccc3S2)cc1. The average Bonchev–Trinajstić information content (AvgIpc) is 2.63. The van der Waals surface area contributed by atoms with Gasteiger partial charge in [-0.2, -0.15) is 13.2 Å². The molecule has 0 saturated carbocycles. The van der Waals surface area contributed by atoms with Gasteiger partial charge in [-0.25, -0.2) is 4.79 Å². The van der Waals surface area contributed by atoms with Gasteiger partial charge in [-0.15, -0.1) is 0 Å². The van der Waals surface area contributed by atoms with Crippen LogP contribution in [0.15, 0.2) is 53.4 Å². The lowest BCUT2D eigenvalue weighted by Gasteiger charge is -2.34. The molecule has 1 N–H and O–H groups in total. The van der Waals surface area contributed by atoms with Gasteiger partial charge in [0.05, 0.1) is 4.90 Å². The first-order chi connectivity index (χ1) is 10.8. The Balaban J connectivity index is 2.20. The lowest BCUT2D eigenvalue weighted by Crippen LogP contribution is -2.53. The van der Waals surface area contributed by atoms with Crippen molar-refractivity contribution in [2.45, 2.75) is 22.9 Å². The van der Waals surface area contributed by atoms with E-state index in [4.69, 9.17) is 4.74 Å². The summed E-state index contributed by atoms with van der Waals surface area (Å²) >= 11 is 0.513. The molecular weight excluding hydrogens is 327 g/mol. The zero-order chi connectivity index (χ0) is 16.7. The number of para-hydroxylation sites is 1. The third kappa shape index (κ3) is 2.76. The average molecular weight is 339 g/mol. The van der Waals surface area contributed by atoms with E-state index in [-0.39, 0.29) is 16.2 Å². The number of carbonyl (C=O) groups excluding carboxylic acids is 1. The van der Waals surface area contributed by atoms with Gasteiger partial charge in [0.25, 0.3) is 0 Å². The van der Waals surface area contributed by atoms with Gasteiger partial charge in [0.15, 0.2) is 0 Å². The number of alkyl halides is 3. The van der Waals surface area contributed by atoms with Crippen LogP contribution in [0.1, 0.15) is 11.1 Å². The van der Waals surface area contributed by atoms with Crippen molar-refractivity contribution in [3.8, 4) is 5.75 Å². The minimum atomic E-state index is -4.72. The normalized spacial score (nSPS) is 21.0. The summed E-state index contributed by atoms with van der Waals surface area (Å²) in [5.41, 5.74) is 0.766. The zero-order valence-electron chi connectivity index (χ0n) is 12.0. The van der Waals surface area contributed by atoms with Crippen LogP contribution in [-0.2, 0) is 4.87 Å². The Hall–Kier alpha value is -2.15. The first-order valence-corrected chi connectivity index (χ1v) is 7.55. The third-order valence-electron chi connectivity index (χ3n) is 3.45. The molecular formula is C16H12F3NO2S. The van der Waals surface area contributed by atoms with E-state index in [0.717, 1.165) is 5.56 Å². The minimum Gasteiger partial charge on any atom is -0.409 e. The molecule has 0 radical (unpaired) electrons. The van der Waals surface area contributed by atoms with E-state index in [1.165, 1.54) is 24.3 Å². The fourth-order valence-electron chi connectivity index (χ4n) is 2.29. The van der Waals surface area contributed by atoms with E-state index in [1.807, 2.05) is 5.32 Å². The molecule has 1 amide bonds. The van der Waals surface area contributed by atoms with Gasteiger partial charge in [-0.3, -0.25) is 5.32 Å². The predicted molar refractivity (Wildman–Crippen MR) is 80.4 cm³/mol. The Kier molecular flexibility index (Phi) is 3.75. The highest BCUT2D eigenvalue weighted by Gasteiger charge is 2.59. The number of rotatable bonds is 1. The summed E-state index contributed by atoms with van der Waals surface area (Å²) < 4.78 is 46.8. The molecule has 0 bridgehead atoms. The molecule has 1 aliphatic rings. The van der Waals surface area contributed by atoms with Crippen molar-refractivity contribution < 1.29 is 22.7 Å². The smallest absolute Gasteiger partial charge is 0.409 e. The minimum absolute atomic E-state index is 0.0609. The van der Waals surface area contributed by atoms with E-state index < -0.39 is 17.1 Å². The van der Waals surface area contributed by atoms with E-state index in [9.17, 15) is 18.0 Å². The van der Waals surface area contributed by atoms with Gasteiger partial charge in [-0.05, 0) is 24.6 Å². The molecule has 0 fully saturated rings. The van der Waals surface area contributed by atoms with Crippen molar-refractivity contribution >= 4 is 17.9 Å². The van der Waals surface area contributed by atoms with Crippen LogP contribution in [0, 0.1) is 6.92 Å². The molecule has 1 unspecified atom stereocenters. The summed E-state index contributed by atoms with van der Waals surface area (Å²) in [7, 11) is 0. The van der Waals surface area contributed by atoms with Crippen molar-refractivity contribution in [2.75, 3.05) is 0 Å². The third-order valence-corrected chi connectivity index (χ3v) is 4.88. The van der Waals surface area contributed by atoms with Crippen LogP contribution in [-0.4, -0.2) is 12.3 Å². The highest BCUT2D eigenvalue weighted by molar-refractivity contribution is 8.00. The first kappa shape index (κ1) is 15.7. The predicted octanol–water partition coefficient (Wildman–Crippen LogP) is 4.60. The second kappa shape index (κ2) is 5.49. The van der Waals surface area contributed by atoms with Crippen molar-refractivity contribution in [3.63, 3.8) is 0 Å². The van der Waals surface area contributed by atoms with Crippen LogP contribution in [0.25, 0.3) is 0 Å². The van der Waals surface area contributed by atoms with Crippen molar-refractivity contribution in [1.29, 1.82) is 0 Å². The van der Waals surface area contributed by atoms with Crippen LogP contribution < -0.4 is 10.1 Å². The number of nitrogens with one attached hydrogen (secondary N) is 1. The Morgan fingerprint density at radius 3 is 2.39 bits per heavy atom. The molecule has 1 aliphatic heterocycles. The number of carbonyl (C=O) groups is 1. The van der Waals surface area contributed by atoms with Crippen molar-refractivity contribution in [2.24, 2.45) is 0 Å². The standard InChI is InChI=1S/C16H12F3NO2S/c1-10-6-8-11(9-7-10)15(16(17,18)19)20-14(21)22-12-4-2-3-5-13(12)23-15/h2-9H,1H3,(H,20,21). The number of hydrogen-bond acceptors (Lipinski definition) is 3. The van der Waals surface area contributed by atoms with Crippen molar-refractivity contribution in [3.05, 3.63) is 59.7 Å². The maximum Gasteiger partial charge on any atom is 0.425 e. The summed E-state index contributed by atoms with van der Waals surface area (Å²) in [4.78, 5) is 9.53. The molecule has 7 heteroatoms. The second-order valence-electron chi connectivity index (χ2n) is 5.11. The van der Waals surface area contributed by atoms with Gasteiger partial charge in [0.1, 0.15) is 5.75 Å². The topological polar surface area (TPSA) is 38.3 Å². The summed E-state index contributed by atoms with van der Waals surface area (Å²) in [6.07, 6.45) is -5.86. The molecule has 0 aromatic heterocycles. The number of benzene rings is 2. The van der Waals surface area contributed by atoms with Gasteiger partial charge < -0.3 is 4.74 Å². The number of hydrogen-bond donors (Lipinski definition) is 1. The van der Waals surface area contributed by atoms with Crippen LogP contribution in [0.3, 0.4) is 0 Å². The molecule has 0 saturated heterocycles. The Morgan fingerprint density at radius 2 is 1.74 bits per heavy atom. The number of fused-ring (bicyclic) bond motifs is 1. The molecule has 2 aromatic rings. The van der Waals surface area contributed by atoms with E-state index in [2.05, 4.69) is 0 Å². The monoisotopic (exact) mass is 339 g/mol. The zero-order valence-corrected chi connectivity index (χ0v) is 12.8. The van der Waals surface area contributed by atoms with Crippen molar-refractivity contribution in [1.82, 2.24) is 5.32 Å². The highest BCUT2D eigenvalue weighted by atomic mass is 32.2. The molecule has 1 atom stereocenters. The number of aryl methyl sites for hydroxylation is 1. The molecule has 3 rings (SSSR count). The maximum absolute atomic E-state index is 13.9. The van der Waals surface area contributed by atoms with Crippen LogP contribution in [0.5, 0.6) is 5.75 Å². The molecule has 0 aliphatic carbocycles. The first-order valence-electron chi connectivity index (χ1n) is 6.74. The van der Waals surface area contributed by atoms with Gasteiger partial charge >= 0.3 is 12.3 Å². The quantitative estimate of drug-likeness (QED) is 0.825. The number of ether oxygens (including phenoxy) is 1. The second-order valence-corrected chi connectivity index (χ2v) is 6.36. The molecule has 120 valence electrons. The number of amides is 1. The fourth-order valence-corrected chi connectivity index (χ4v) is 3.48. The largest absolute Gasteiger partial charge is 0.425 e. The summed E-state index contributed by atoms with van der Waals surface area (Å²) in [6, 6.07) is 12.0. The molecule has 3 nitrogen and oxygen atoms in total. The molecule has 2 aromatic carbocycles. The molecule has 1 heterocycles. The van der Waals surface area contributed by atoms with Crippen LogP contribution in [0.4, 0.5) is 18.0 Å². The lowest BCUT2D eigenvalue weighted by atomic mass is 10.0. The van der Waals surface area contributed by atoms with E-state index >= 15 is 0 Å². The highest BCUT2D eigenvalue weighted by Crippen LogP contribution is 2.53. The Bertz CT molecular complexity index is 746. The van der Waals surface area contributed by atoms with Crippen LogP contribution >= 0.6 is 11.8 Å². The fraction of sp³-hybridized carbons (Fsp3) is 0.188. The summed E-state index contributed by atoms with van der Waals surface area (Å²) in [5.74, 6) is 0.105. The van der Waals surface area contributed by atoms with E-state index in [1.54, 1.807) is 31.2 Å². The van der Waals surface area contributed by atoms with Gasteiger partial charge in [-0.1, -0.05) is 53.7 Å². The molecule has 23 heavy (non-hydrogen) atoms. The van der Waals surface area contributed by atoms with E-state index in [0.29, 0.717) is 11.8 Å². The summed E-state index contributed by atoms with van der Waals surface area (Å²) in [6.45, 7) is 1.78. The number of halogens is 3. The number of thioether (sulfide) groups is 1. The Labute approximate surface area is 134 Å². The van der Waals surface area contributed by atoms with Gasteiger partial charge in [0.2, 0.25) is 4.87 Å². The van der Waals surface area contributed by atoms with Crippen LogP contribution in [0.2, 0.25) is 0 Å². The Morgan fingerprint density at radius 1 is 1.09 bits per heavy atom. The molecule has 0 spiro atoms.